The van der Waals surface area contributed by atoms with E-state index < -0.39 is 49.5 Å². The minimum atomic E-state index is -4.16. The molecule has 6 rings (SSSR count). The molecular formula is C35H26N4O11S2. The third-order valence-electron chi connectivity index (χ3n) is 7.72. The maximum atomic E-state index is 13.1. The lowest BCUT2D eigenvalue weighted by atomic mass is 10.1. The van der Waals surface area contributed by atoms with Gasteiger partial charge in [-0.05, 0) is 94.3 Å². The Morgan fingerprint density at radius 3 is 1.17 bits per heavy atom. The number of aromatic hydroxyl groups is 2. The van der Waals surface area contributed by atoms with Gasteiger partial charge in [-0.1, -0.05) is 24.3 Å². The highest BCUT2D eigenvalue weighted by molar-refractivity contribution is 7.93. The van der Waals surface area contributed by atoms with Crippen LogP contribution in [0.3, 0.4) is 0 Å². The van der Waals surface area contributed by atoms with Gasteiger partial charge in [0.2, 0.25) is 0 Å². The highest BCUT2D eigenvalue weighted by atomic mass is 32.2. The highest BCUT2D eigenvalue weighted by Crippen LogP contribution is 2.29. The van der Waals surface area contributed by atoms with Gasteiger partial charge in [-0.15, -0.1) is 0 Å². The Kier molecular flexibility index (Phi) is 9.06. The second-order valence-electron chi connectivity index (χ2n) is 11.3. The minimum Gasteiger partial charge on any atom is -0.507 e. The van der Waals surface area contributed by atoms with Gasteiger partial charge < -0.3 is 31.1 Å². The molecule has 0 heterocycles. The summed E-state index contributed by atoms with van der Waals surface area (Å²) < 4.78 is 56.9. The number of urea groups is 1. The van der Waals surface area contributed by atoms with Gasteiger partial charge in [0.05, 0.1) is 21.2 Å². The number of carboxylic acids is 2. The molecule has 2 amide bonds. The van der Waals surface area contributed by atoms with Gasteiger partial charge in [-0.2, -0.15) is 0 Å². The molecule has 15 nitrogen and oxygen atoms in total. The van der Waals surface area contributed by atoms with E-state index in [1.165, 1.54) is 36.4 Å². The van der Waals surface area contributed by atoms with Crippen molar-refractivity contribution in [3.63, 3.8) is 0 Å². The summed E-state index contributed by atoms with van der Waals surface area (Å²) in [5.74, 6) is -3.97. The quantitative estimate of drug-likeness (QED) is 0.0803. The summed E-state index contributed by atoms with van der Waals surface area (Å²) in [4.78, 5) is 35.0. The molecule has 17 heteroatoms. The number of anilines is 4. The number of carboxylic acid groups (broad SMARTS) is 2. The average Bonchev–Trinajstić information content (AvgIpc) is 3.07. The van der Waals surface area contributed by atoms with Crippen molar-refractivity contribution in [2.45, 2.75) is 9.79 Å². The number of fused-ring (bicyclic) bond motifs is 2. The number of hydrogen-bond acceptors (Lipinski definition) is 9. The van der Waals surface area contributed by atoms with Crippen molar-refractivity contribution >= 4 is 82.3 Å². The summed E-state index contributed by atoms with van der Waals surface area (Å²) >= 11 is 0. The molecule has 6 aromatic carbocycles. The number of benzene rings is 6. The van der Waals surface area contributed by atoms with Crippen molar-refractivity contribution in [3.8, 4) is 11.5 Å². The topological polar surface area (TPSA) is 249 Å². The maximum absolute atomic E-state index is 13.1. The largest absolute Gasteiger partial charge is 0.507 e. The van der Waals surface area contributed by atoms with Crippen LogP contribution in [0.2, 0.25) is 0 Å². The van der Waals surface area contributed by atoms with Crippen LogP contribution in [-0.4, -0.2) is 55.2 Å². The van der Waals surface area contributed by atoms with Crippen molar-refractivity contribution in [2.75, 3.05) is 20.1 Å². The monoisotopic (exact) mass is 742 g/mol. The van der Waals surface area contributed by atoms with Crippen LogP contribution in [0, 0.1) is 0 Å². The molecule has 0 aromatic heterocycles. The lowest BCUT2D eigenvalue weighted by molar-refractivity contribution is 0.0682. The zero-order chi connectivity index (χ0) is 37.4. The Labute approximate surface area is 294 Å². The summed E-state index contributed by atoms with van der Waals surface area (Å²) in [5, 5.41) is 45.6. The molecule has 0 bridgehead atoms. The smallest absolute Gasteiger partial charge is 0.339 e. The predicted octanol–water partition coefficient (Wildman–Crippen LogP) is 6.05. The molecular weight excluding hydrogens is 717 g/mol. The molecule has 0 saturated heterocycles. The van der Waals surface area contributed by atoms with E-state index in [-0.39, 0.29) is 32.3 Å². The van der Waals surface area contributed by atoms with Crippen molar-refractivity contribution in [3.05, 3.63) is 120 Å². The SMILES string of the molecule is O=C(Nc1ccc2ccc(S(=O)(=O)Nc3ccc(C(=O)O)c(O)c3)cc2c1)Nc1ccc2ccc(S(=O)(=O)Nc3ccc(C(=O)O)c(O)c3)cc2c1. The van der Waals surface area contributed by atoms with Gasteiger partial charge in [0.1, 0.15) is 22.6 Å². The van der Waals surface area contributed by atoms with Crippen LogP contribution in [0.25, 0.3) is 21.5 Å². The normalized spacial score (nSPS) is 11.5. The Bertz CT molecular complexity index is 2500. The van der Waals surface area contributed by atoms with E-state index in [4.69, 9.17) is 10.2 Å². The fourth-order valence-corrected chi connectivity index (χ4v) is 7.38. The second kappa shape index (κ2) is 13.5. The van der Waals surface area contributed by atoms with E-state index in [2.05, 4.69) is 20.1 Å². The molecule has 0 fully saturated rings. The number of hydrogen-bond donors (Lipinski definition) is 8. The molecule has 6 aromatic rings. The van der Waals surface area contributed by atoms with E-state index in [0.717, 1.165) is 24.3 Å². The summed E-state index contributed by atoms with van der Waals surface area (Å²) in [6.45, 7) is 0. The van der Waals surface area contributed by atoms with Crippen molar-refractivity contribution in [1.29, 1.82) is 0 Å². The maximum Gasteiger partial charge on any atom is 0.339 e. The van der Waals surface area contributed by atoms with E-state index >= 15 is 0 Å². The molecule has 0 aliphatic rings. The van der Waals surface area contributed by atoms with Crippen LogP contribution in [0.4, 0.5) is 27.5 Å². The van der Waals surface area contributed by atoms with Crippen LogP contribution in [0.1, 0.15) is 20.7 Å². The fraction of sp³-hybridized carbons (Fsp3) is 0. The Hall–Kier alpha value is -6.85. The van der Waals surface area contributed by atoms with Crippen LogP contribution in [0.15, 0.2) is 119 Å². The first kappa shape index (κ1) is 35.0. The van der Waals surface area contributed by atoms with Gasteiger partial charge in [0.15, 0.2) is 0 Å². The van der Waals surface area contributed by atoms with Crippen molar-refractivity contribution < 1.29 is 51.6 Å². The number of rotatable bonds is 10. The third-order valence-corrected chi connectivity index (χ3v) is 10.5. The predicted molar refractivity (Wildman–Crippen MR) is 192 cm³/mol. The first-order valence-corrected chi connectivity index (χ1v) is 17.9. The summed E-state index contributed by atoms with van der Waals surface area (Å²) in [6.07, 6.45) is 0. The van der Waals surface area contributed by atoms with Crippen LogP contribution in [-0.2, 0) is 20.0 Å². The Balaban J connectivity index is 1.16. The molecule has 0 spiro atoms. The van der Waals surface area contributed by atoms with Crippen LogP contribution >= 0.6 is 0 Å². The molecule has 0 radical (unpaired) electrons. The molecule has 0 atom stereocenters. The number of carbonyl (C=O) groups is 3. The van der Waals surface area contributed by atoms with E-state index in [0.29, 0.717) is 32.9 Å². The van der Waals surface area contributed by atoms with Gasteiger partial charge in [0, 0.05) is 23.5 Å². The number of amides is 2. The fourth-order valence-electron chi connectivity index (χ4n) is 5.21. The van der Waals surface area contributed by atoms with E-state index in [1.54, 1.807) is 48.5 Å². The van der Waals surface area contributed by atoms with Gasteiger partial charge >= 0.3 is 18.0 Å². The van der Waals surface area contributed by atoms with Gasteiger partial charge in [-0.3, -0.25) is 9.44 Å². The summed E-state index contributed by atoms with van der Waals surface area (Å²) in [5.41, 5.74) is -0.236. The second-order valence-corrected chi connectivity index (χ2v) is 14.7. The Morgan fingerprint density at radius 2 is 0.808 bits per heavy atom. The van der Waals surface area contributed by atoms with Crippen LogP contribution in [0.5, 0.6) is 11.5 Å². The van der Waals surface area contributed by atoms with Gasteiger partial charge in [0.25, 0.3) is 20.0 Å². The zero-order valence-electron chi connectivity index (χ0n) is 26.4. The lowest BCUT2D eigenvalue weighted by Gasteiger charge is -2.12. The number of phenols is 2. The number of nitrogens with one attached hydrogen (secondary N) is 4. The third kappa shape index (κ3) is 7.49. The molecule has 264 valence electrons. The highest BCUT2D eigenvalue weighted by Gasteiger charge is 2.19. The summed E-state index contributed by atoms with van der Waals surface area (Å²) in [7, 11) is -8.33. The number of carbonyl (C=O) groups excluding carboxylic acids is 1. The zero-order valence-corrected chi connectivity index (χ0v) is 28.0. The minimum absolute atomic E-state index is 0.0520. The van der Waals surface area contributed by atoms with Crippen molar-refractivity contribution in [1.82, 2.24) is 0 Å². The first-order valence-electron chi connectivity index (χ1n) is 14.9. The standard InChI is InChI=1S/C35H26N4O11S2/c40-31-17-25(7-11-29(31)33(42)43)38-51(47,48)27-9-3-19-1-5-23(13-21(19)15-27)36-35(46)37-24-6-2-20-4-10-28(16-22(20)14-24)52(49,50)39-26-8-12-30(34(44)45)32(41)18-26/h1-18,38-41H,(H,42,43)(H,44,45)(H2,36,37,46). The molecule has 0 unspecified atom stereocenters. The number of aromatic carboxylic acids is 2. The van der Waals surface area contributed by atoms with E-state index in [1.807, 2.05) is 0 Å². The summed E-state index contributed by atoms with van der Waals surface area (Å²) in [6, 6.07) is 24.2. The molecule has 52 heavy (non-hydrogen) atoms. The lowest BCUT2D eigenvalue weighted by Crippen LogP contribution is -2.19. The average molecular weight is 743 g/mol. The molecule has 0 saturated carbocycles. The molecule has 8 N–H and O–H groups in total. The molecule has 0 aliphatic heterocycles. The first-order chi connectivity index (χ1) is 24.6. The number of sulfonamides is 2. The van der Waals surface area contributed by atoms with Crippen LogP contribution < -0.4 is 20.1 Å². The van der Waals surface area contributed by atoms with Gasteiger partial charge in [-0.25, -0.2) is 31.2 Å². The Morgan fingerprint density at radius 1 is 0.442 bits per heavy atom. The van der Waals surface area contributed by atoms with Crippen molar-refractivity contribution in [2.24, 2.45) is 0 Å². The molecule has 0 aliphatic carbocycles. The van der Waals surface area contributed by atoms with E-state index in [9.17, 15) is 41.4 Å².